The fourth-order valence-electron chi connectivity index (χ4n) is 2.26. The number of benzene rings is 2. The van der Waals surface area contributed by atoms with Crippen LogP contribution in [0.4, 0.5) is 10.3 Å². The van der Waals surface area contributed by atoms with Gasteiger partial charge < -0.3 is 10.1 Å². The molecule has 6 nitrogen and oxygen atoms in total. The predicted molar refractivity (Wildman–Crippen MR) is 97.5 cm³/mol. The summed E-state index contributed by atoms with van der Waals surface area (Å²) >= 11 is 5.99. The molecule has 0 aliphatic carbocycles. The van der Waals surface area contributed by atoms with Crippen LogP contribution in [-0.4, -0.2) is 20.2 Å². The zero-order valence-electron chi connectivity index (χ0n) is 13.9. The third-order valence-electron chi connectivity index (χ3n) is 3.62. The van der Waals surface area contributed by atoms with Gasteiger partial charge in [-0.2, -0.15) is 0 Å². The van der Waals surface area contributed by atoms with Gasteiger partial charge >= 0.3 is 0 Å². The molecule has 3 rings (SSSR count). The molecule has 0 amide bonds. The molecule has 0 atom stereocenters. The second kappa shape index (κ2) is 8.44. The van der Waals surface area contributed by atoms with Gasteiger partial charge in [-0.05, 0) is 40.3 Å². The van der Waals surface area contributed by atoms with Crippen LogP contribution in [0.2, 0.25) is 5.02 Å². The highest BCUT2D eigenvalue weighted by Gasteiger charge is 2.05. The number of ether oxygens (including phenoxy) is 1. The molecular formula is C18H17ClFN5O. The van der Waals surface area contributed by atoms with Gasteiger partial charge in [-0.3, -0.25) is 0 Å². The van der Waals surface area contributed by atoms with E-state index in [0.717, 1.165) is 11.1 Å². The topological polar surface area (TPSA) is 64.9 Å². The van der Waals surface area contributed by atoms with E-state index in [0.29, 0.717) is 29.8 Å². The highest BCUT2D eigenvalue weighted by molar-refractivity contribution is 6.31. The maximum atomic E-state index is 13.0. The van der Waals surface area contributed by atoms with Gasteiger partial charge in [0, 0.05) is 12.1 Å². The quantitative estimate of drug-likeness (QED) is 0.608. The normalized spacial score (nSPS) is 10.5. The molecule has 0 spiro atoms. The summed E-state index contributed by atoms with van der Waals surface area (Å²) in [5, 5.41) is 14.9. The predicted octanol–water partition coefficient (Wildman–Crippen LogP) is 3.84. The van der Waals surface area contributed by atoms with Crippen LogP contribution in [0.25, 0.3) is 0 Å². The molecule has 0 aliphatic heterocycles. The number of hydrogen-bond donors (Lipinski definition) is 1. The SMILES string of the molecule is C=CCn1nnnc1NCc1ccc(OCc2ccc(F)cc2Cl)cc1. The van der Waals surface area contributed by atoms with Crippen molar-refractivity contribution in [3.05, 3.63) is 77.1 Å². The highest BCUT2D eigenvalue weighted by atomic mass is 35.5. The number of hydrogen-bond acceptors (Lipinski definition) is 5. The number of rotatable bonds is 8. The summed E-state index contributed by atoms with van der Waals surface area (Å²) < 4.78 is 20.4. The molecule has 0 bridgehead atoms. The van der Waals surface area contributed by atoms with Crippen molar-refractivity contribution in [3.63, 3.8) is 0 Å². The second-order valence-corrected chi connectivity index (χ2v) is 5.90. The minimum absolute atomic E-state index is 0.271. The van der Waals surface area contributed by atoms with Crippen molar-refractivity contribution in [3.8, 4) is 5.75 Å². The van der Waals surface area contributed by atoms with Crippen LogP contribution in [-0.2, 0) is 19.7 Å². The Labute approximate surface area is 155 Å². The van der Waals surface area contributed by atoms with Gasteiger partial charge in [0.25, 0.3) is 0 Å². The lowest BCUT2D eigenvalue weighted by atomic mass is 10.2. The molecule has 1 heterocycles. The van der Waals surface area contributed by atoms with Gasteiger partial charge in [-0.15, -0.1) is 6.58 Å². The molecule has 0 unspecified atom stereocenters. The smallest absolute Gasteiger partial charge is 0.243 e. The summed E-state index contributed by atoms with van der Waals surface area (Å²) in [7, 11) is 0. The van der Waals surface area contributed by atoms with Crippen LogP contribution in [0, 0.1) is 5.82 Å². The number of allylic oxidation sites excluding steroid dienone is 1. The summed E-state index contributed by atoms with van der Waals surface area (Å²) in [6.45, 7) is 5.05. The number of halogens is 2. The summed E-state index contributed by atoms with van der Waals surface area (Å²) in [4.78, 5) is 0. The lowest BCUT2D eigenvalue weighted by Crippen LogP contribution is -2.08. The van der Waals surface area contributed by atoms with Gasteiger partial charge in [-0.1, -0.05) is 41.0 Å². The monoisotopic (exact) mass is 373 g/mol. The van der Waals surface area contributed by atoms with Gasteiger partial charge in [0.15, 0.2) is 0 Å². The minimum Gasteiger partial charge on any atom is -0.489 e. The minimum atomic E-state index is -0.366. The van der Waals surface area contributed by atoms with E-state index < -0.39 is 0 Å². The standard InChI is InChI=1S/C18H17ClFN5O/c1-2-9-25-18(22-23-24-25)21-11-13-3-7-16(8-4-13)26-12-14-5-6-15(20)10-17(14)19/h2-8,10H,1,9,11-12H2,(H,21,22,24). The molecule has 0 saturated heterocycles. The Morgan fingerprint density at radius 3 is 2.77 bits per heavy atom. The zero-order valence-corrected chi connectivity index (χ0v) is 14.7. The molecule has 3 aromatic rings. The summed E-state index contributed by atoms with van der Waals surface area (Å²) in [6, 6.07) is 11.9. The van der Waals surface area contributed by atoms with Crippen molar-refractivity contribution in [1.29, 1.82) is 0 Å². The van der Waals surface area contributed by atoms with Crippen LogP contribution in [0.15, 0.2) is 55.1 Å². The third-order valence-corrected chi connectivity index (χ3v) is 3.97. The van der Waals surface area contributed by atoms with Crippen molar-refractivity contribution >= 4 is 17.5 Å². The Morgan fingerprint density at radius 1 is 1.23 bits per heavy atom. The first-order chi connectivity index (χ1) is 12.7. The maximum absolute atomic E-state index is 13.0. The van der Waals surface area contributed by atoms with Gasteiger partial charge in [-0.25, -0.2) is 9.07 Å². The van der Waals surface area contributed by atoms with E-state index in [-0.39, 0.29) is 12.4 Å². The lowest BCUT2D eigenvalue weighted by Gasteiger charge is -2.09. The average Bonchev–Trinajstić information content (AvgIpc) is 3.08. The molecule has 134 valence electrons. The molecule has 1 aromatic heterocycles. The molecule has 0 radical (unpaired) electrons. The van der Waals surface area contributed by atoms with E-state index in [9.17, 15) is 4.39 Å². The van der Waals surface area contributed by atoms with E-state index in [2.05, 4.69) is 27.4 Å². The fraction of sp³-hybridized carbons (Fsp3) is 0.167. The number of tetrazole rings is 1. The van der Waals surface area contributed by atoms with E-state index >= 15 is 0 Å². The second-order valence-electron chi connectivity index (χ2n) is 5.50. The third kappa shape index (κ3) is 4.58. The molecule has 26 heavy (non-hydrogen) atoms. The summed E-state index contributed by atoms with van der Waals surface area (Å²) in [6.07, 6.45) is 1.72. The van der Waals surface area contributed by atoms with Crippen LogP contribution in [0.5, 0.6) is 5.75 Å². The van der Waals surface area contributed by atoms with Gasteiger partial charge in [0.1, 0.15) is 18.2 Å². The van der Waals surface area contributed by atoms with E-state index in [1.807, 2.05) is 24.3 Å². The van der Waals surface area contributed by atoms with E-state index in [1.54, 1.807) is 16.8 Å². The number of anilines is 1. The van der Waals surface area contributed by atoms with E-state index in [1.165, 1.54) is 12.1 Å². The fourth-order valence-corrected chi connectivity index (χ4v) is 2.48. The zero-order chi connectivity index (χ0) is 18.4. The molecule has 0 aliphatic rings. The Hall–Kier alpha value is -2.93. The Bertz CT molecular complexity index is 882. The molecule has 1 N–H and O–H groups in total. The van der Waals surface area contributed by atoms with Crippen LogP contribution in [0.1, 0.15) is 11.1 Å². The Balaban J connectivity index is 1.54. The first-order valence-electron chi connectivity index (χ1n) is 7.92. The summed E-state index contributed by atoms with van der Waals surface area (Å²) in [5.74, 6) is 0.913. The van der Waals surface area contributed by atoms with Crippen LogP contribution in [0.3, 0.4) is 0 Å². The van der Waals surface area contributed by atoms with Gasteiger partial charge in [0.05, 0.1) is 11.6 Å². The largest absolute Gasteiger partial charge is 0.489 e. The first-order valence-corrected chi connectivity index (χ1v) is 8.30. The van der Waals surface area contributed by atoms with Gasteiger partial charge in [0.2, 0.25) is 5.95 Å². The molecule has 0 saturated carbocycles. The van der Waals surface area contributed by atoms with Crippen molar-refractivity contribution in [2.45, 2.75) is 19.7 Å². The maximum Gasteiger partial charge on any atom is 0.243 e. The van der Waals surface area contributed by atoms with Crippen molar-refractivity contribution in [2.75, 3.05) is 5.32 Å². The average molecular weight is 374 g/mol. The van der Waals surface area contributed by atoms with Crippen molar-refractivity contribution < 1.29 is 9.13 Å². The van der Waals surface area contributed by atoms with E-state index in [4.69, 9.17) is 16.3 Å². The highest BCUT2D eigenvalue weighted by Crippen LogP contribution is 2.20. The molecular weight excluding hydrogens is 357 g/mol. The van der Waals surface area contributed by atoms with Crippen LogP contribution >= 0.6 is 11.6 Å². The number of nitrogens with one attached hydrogen (secondary N) is 1. The van der Waals surface area contributed by atoms with Crippen LogP contribution < -0.4 is 10.1 Å². The Morgan fingerprint density at radius 2 is 2.04 bits per heavy atom. The summed E-state index contributed by atoms with van der Waals surface area (Å²) in [5.41, 5.74) is 1.78. The van der Waals surface area contributed by atoms with Crippen molar-refractivity contribution in [1.82, 2.24) is 20.2 Å². The molecule has 8 heteroatoms. The molecule has 2 aromatic carbocycles. The number of nitrogens with zero attached hydrogens (tertiary/aromatic N) is 4. The Kier molecular flexibility index (Phi) is 5.80. The lowest BCUT2D eigenvalue weighted by molar-refractivity contribution is 0.306. The number of aromatic nitrogens is 4. The van der Waals surface area contributed by atoms with Crippen molar-refractivity contribution in [2.24, 2.45) is 0 Å². The molecule has 0 fully saturated rings. The first kappa shape index (κ1) is 17.9.